The fourth-order valence-corrected chi connectivity index (χ4v) is 1.79. The molecule has 0 saturated carbocycles. The number of ketones is 1. The number of Topliss-reactive ketones (excluding diaryl/α,β-unsaturated/α-hetero) is 1. The molecule has 0 spiro atoms. The Morgan fingerprint density at radius 1 is 1.21 bits per heavy atom. The SMILES string of the molecule is C=C(C(=O)CCCC(=O)Oc1ccccc1)S(C)=O. The van der Waals surface area contributed by atoms with E-state index in [-0.39, 0.29) is 29.5 Å². The van der Waals surface area contributed by atoms with Crippen LogP contribution in [0.4, 0.5) is 0 Å². The highest BCUT2D eigenvalue weighted by Crippen LogP contribution is 2.11. The van der Waals surface area contributed by atoms with Crippen molar-refractivity contribution in [2.75, 3.05) is 6.26 Å². The summed E-state index contributed by atoms with van der Waals surface area (Å²) in [6.45, 7) is 3.45. The molecule has 1 atom stereocenters. The van der Waals surface area contributed by atoms with Gasteiger partial charge in [0.05, 0.1) is 15.7 Å². The molecular formula is C14H16O4S. The van der Waals surface area contributed by atoms with Gasteiger partial charge in [0, 0.05) is 19.1 Å². The van der Waals surface area contributed by atoms with Gasteiger partial charge in [0.25, 0.3) is 0 Å². The number of ether oxygens (including phenoxy) is 1. The smallest absolute Gasteiger partial charge is 0.311 e. The number of carbonyl (C=O) groups excluding carboxylic acids is 2. The third-order valence-corrected chi connectivity index (χ3v) is 3.34. The maximum absolute atomic E-state index is 11.5. The summed E-state index contributed by atoms with van der Waals surface area (Å²) in [5.41, 5.74) is 0. The van der Waals surface area contributed by atoms with Crippen LogP contribution in [0.5, 0.6) is 5.75 Å². The van der Waals surface area contributed by atoms with Gasteiger partial charge in [-0.05, 0) is 18.6 Å². The molecule has 1 unspecified atom stereocenters. The van der Waals surface area contributed by atoms with Crippen molar-refractivity contribution in [3.63, 3.8) is 0 Å². The first kappa shape index (κ1) is 15.3. The third-order valence-electron chi connectivity index (χ3n) is 2.42. The lowest BCUT2D eigenvalue weighted by molar-refractivity contribution is -0.134. The lowest BCUT2D eigenvalue weighted by Gasteiger charge is -2.04. The average molecular weight is 280 g/mol. The van der Waals surface area contributed by atoms with Gasteiger partial charge < -0.3 is 4.74 Å². The number of allylic oxidation sites excluding steroid dienone is 1. The van der Waals surface area contributed by atoms with Gasteiger partial charge in [-0.25, -0.2) is 0 Å². The number of hydrogen-bond acceptors (Lipinski definition) is 4. The molecule has 4 nitrogen and oxygen atoms in total. The van der Waals surface area contributed by atoms with Crippen LogP contribution < -0.4 is 4.74 Å². The second-order valence-corrected chi connectivity index (χ2v) is 5.34. The van der Waals surface area contributed by atoms with Gasteiger partial charge >= 0.3 is 5.97 Å². The monoisotopic (exact) mass is 280 g/mol. The molecule has 0 N–H and O–H groups in total. The molecular weight excluding hydrogens is 264 g/mol. The number of rotatable bonds is 7. The Morgan fingerprint density at radius 2 is 1.84 bits per heavy atom. The molecule has 102 valence electrons. The molecule has 5 heteroatoms. The van der Waals surface area contributed by atoms with Crippen molar-refractivity contribution in [1.29, 1.82) is 0 Å². The Bertz CT molecular complexity index is 493. The van der Waals surface area contributed by atoms with Crippen LogP contribution >= 0.6 is 0 Å². The Balaban J connectivity index is 2.30. The summed E-state index contributed by atoms with van der Waals surface area (Å²) in [7, 11) is -1.35. The zero-order valence-electron chi connectivity index (χ0n) is 10.8. The molecule has 1 rings (SSSR count). The van der Waals surface area contributed by atoms with Gasteiger partial charge in [0.2, 0.25) is 0 Å². The first-order chi connectivity index (χ1) is 9.00. The summed E-state index contributed by atoms with van der Waals surface area (Å²) in [5, 5.41) is 0. The summed E-state index contributed by atoms with van der Waals surface area (Å²) in [5.74, 6) is -0.173. The van der Waals surface area contributed by atoms with Gasteiger partial charge in [-0.1, -0.05) is 24.8 Å². The van der Waals surface area contributed by atoms with E-state index in [9.17, 15) is 13.8 Å². The Labute approximate surface area is 114 Å². The van der Waals surface area contributed by atoms with E-state index in [2.05, 4.69) is 6.58 Å². The summed E-state index contributed by atoms with van der Waals surface area (Å²) in [4.78, 5) is 23.1. The Kier molecular flexibility index (Phi) is 6.15. The molecule has 0 aliphatic carbocycles. The largest absolute Gasteiger partial charge is 0.427 e. The van der Waals surface area contributed by atoms with Gasteiger partial charge in [0.15, 0.2) is 5.78 Å². The van der Waals surface area contributed by atoms with Crippen LogP contribution in [0.3, 0.4) is 0 Å². The molecule has 0 amide bonds. The van der Waals surface area contributed by atoms with E-state index in [1.54, 1.807) is 24.3 Å². The second-order valence-electron chi connectivity index (χ2n) is 3.94. The number of hydrogen-bond donors (Lipinski definition) is 0. The number of benzene rings is 1. The van der Waals surface area contributed by atoms with Gasteiger partial charge in [0.1, 0.15) is 5.75 Å². The molecule has 1 aromatic rings. The van der Waals surface area contributed by atoms with E-state index < -0.39 is 10.8 Å². The zero-order chi connectivity index (χ0) is 14.3. The fourth-order valence-electron chi connectivity index (χ4n) is 1.36. The highest BCUT2D eigenvalue weighted by molar-refractivity contribution is 7.89. The normalized spacial score (nSPS) is 11.6. The predicted molar refractivity (Wildman–Crippen MR) is 74.1 cm³/mol. The van der Waals surface area contributed by atoms with Crippen molar-refractivity contribution < 1.29 is 18.5 Å². The van der Waals surface area contributed by atoms with Gasteiger partial charge in [-0.2, -0.15) is 0 Å². The quantitative estimate of drug-likeness (QED) is 0.436. The van der Waals surface area contributed by atoms with Crippen molar-refractivity contribution in [2.45, 2.75) is 19.3 Å². The Morgan fingerprint density at radius 3 is 2.42 bits per heavy atom. The molecule has 0 bridgehead atoms. The molecule has 19 heavy (non-hydrogen) atoms. The number of para-hydroxylation sites is 1. The van der Waals surface area contributed by atoms with E-state index in [1.807, 2.05) is 6.07 Å². The topological polar surface area (TPSA) is 60.4 Å². The Hall–Kier alpha value is -1.75. The molecule has 0 saturated heterocycles. The van der Waals surface area contributed by atoms with Crippen LogP contribution in [0.25, 0.3) is 0 Å². The zero-order valence-corrected chi connectivity index (χ0v) is 11.6. The molecule has 0 radical (unpaired) electrons. The van der Waals surface area contributed by atoms with E-state index in [1.165, 1.54) is 6.26 Å². The fraction of sp³-hybridized carbons (Fsp3) is 0.286. The minimum Gasteiger partial charge on any atom is -0.427 e. The summed E-state index contributed by atoms with van der Waals surface area (Å²) in [6.07, 6.45) is 2.07. The minimum absolute atomic E-state index is 0.0939. The standard InChI is InChI=1S/C14H16O4S/c1-11(19(2)17)13(15)9-6-10-14(16)18-12-7-4-3-5-8-12/h3-5,7-8H,1,6,9-10H2,2H3. The first-order valence-electron chi connectivity index (χ1n) is 5.82. The maximum atomic E-state index is 11.5. The van der Waals surface area contributed by atoms with Crippen LogP contribution in [0.1, 0.15) is 19.3 Å². The van der Waals surface area contributed by atoms with Crippen LogP contribution in [-0.2, 0) is 20.4 Å². The highest BCUT2D eigenvalue weighted by atomic mass is 32.2. The molecule has 0 heterocycles. The minimum atomic E-state index is -1.35. The summed E-state index contributed by atoms with van der Waals surface area (Å²) in [6, 6.07) is 8.74. The van der Waals surface area contributed by atoms with E-state index in [0.29, 0.717) is 12.2 Å². The highest BCUT2D eigenvalue weighted by Gasteiger charge is 2.12. The van der Waals surface area contributed by atoms with E-state index >= 15 is 0 Å². The predicted octanol–water partition coefficient (Wildman–Crippen LogP) is 2.22. The maximum Gasteiger partial charge on any atom is 0.311 e. The lowest BCUT2D eigenvalue weighted by atomic mass is 10.2. The molecule has 0 aromatic heterocycles. The molecule has 1 aromatic carbocycles. The molecule has 0 fully saturated rings. The van der Waals surface area contributed by atoms with Gasteiger partial charge in [-0.3, -0.25) is 13.8 Å². The van der Waals surface area contributed by atoms with Crippen LogP contribution in [-0.4, -0.2) is 22.2 Å². The summed E-state index contributed by atoms with van der Waals surface area (Å²) < 4.78 is 16.1. The lowest BCUT2D eigenvalue weighted by Crippen LogP contribution is -2.10. The third kappa shape index (κ3) is 5.61. The van der Waals surface area contributed by atoms with Crippen LogP contribution in [0, 0.1) is 0 Å². The second kappa shape index (κ2) is 7.63. The molecule has 0 aliphatic heterocycles. The van der Waals surface area contributed by atoms with Gasteiger partial charge in [-0.15, -0.1) is 0 Å². The van der Waals surface area contributed by atoms with Crippen LogP contribution in [0.15, 0.2) is 41.8 Å². The van der Waals surface area contributed by atoms with Crippen molar-refractivity contribution in [2.24, 2.45) is 0 Å². The first-order valence-corrected chi connectivity index (χ1v) is 7.37. The molecule has 0 aliphatic rings. The van der Waals surface area contributed by atoms with Crippen molar-refractivity contribution >= 4 is 22.6 Å². The van der Waals surface area contributed by atoms with E-state index in [4.69, 9.17) is 4.74 Å². The van der Waals surface area contributed by atoms with Crippen molar-refractivity contribution in [1.82, 2.24) is 0 Å². The van der Waals surface area contributed by atoms with Crippen molar-refractivity contribution in [3.05, 3.63) is 41.8 Å². The average Bonchev–Trinajstić information content (AvgIpc) is 2.38. The number of carbonyl (C=O) groups is 2. The van der Waals surface area contributed by atoms with Crippen molar-refractivity contribution in [3.8, 4) is 5.75 Å². The number of esters is 1. The summed E-state index contributed by atoms with van der Waals surface area (Å²) >= 11 is 0. The van der Waals surface area contributed by atoms with E-state index in [0.717, 1.165) is 0 Å². The van der Waals surface area contributed by atoms with Crippen LogP contribution in [0.2, 0.25) is 0 Å².